The SMILES string of the molecule is CCOC(=O)C(Sc1ccccc1C#N)(Sc1ccccc1C#N)C(=O)OCC. The second-order valence-electron chi connectivity index (χ2n) is 5.48. The van der Waals surface area contributed by atoms with E-state index in [0.29, 0.717) is 20.9 Å². The van der Waals surface area contributed by atoms with Gasteiger partial charge in [-0.05, 0) is 38.1 Å². The molecule has 8 heteroatoms. The van der Waals surface area contributed by atoms with Gasteiger partial charge >= 0.3 is 11.9 Å². The molecule has 148 valence electrons. The lowest BCUT2D eigenvalue weighted by Gasteiger charge is -2.28. The van der Waals surface area contributed by atoms with Crippen molar-refractivity contribution < 1.29 is 19.1 Å². The number of carbonyl (C=O) groups is 2. The maximum atomic E-state index is 13.1. The molecule has 0 aliphatic rings. The van der Waals surface area contributed by atoms with Crippen LogP contribution in [0, 0.1) is 22.7 Å². The number of carbonyl (C=O) groups excluding carboxylic acids is 2. The third-order valence-corrected chi connectivity index (χ3v) is 6.50. The molecular weight excluding hydrogens is 408 g/mol. The molecule has 0 aromatic heterocycles. The zero-order chi connectivity index (χ0) is 21.3. The summed E-state index contributed by atoms with van der Waals surface area (Å²) >= 11 is 1.76. The van der Waals surface area contributed by atoms with Crippen LogP contribution in [0.3, 0.4) is 0 Å². The van der Waals surface area contributed by atoms with Gasteiger partial charge in [0.1, 0.15) is 12.1 Å². The van der Waals surface area contributed by atoms with E-state index in [2.05, 4.69) is 12.1 Å². The van der Waals surface area contributed by atoms with E-state index in [4.69, 9.17) is 9.47 Å². The van der Waals surface area contributed by atoms with Gasteiger partial charge in [-0.15, -0.1) is 0 Å². The Morgan fingerprint density at radius 2 is 1.21 bits per heavy atom. The molecule has 0 amide bonds. The van der Waals surface area contributed by atoms with Crippen LogP contribution in [0.1, 0.15) is 25.0 Å². The van der Waals surface area contributed by atoms with Crippen LogP contribution < -0.4 is 0 Å². The number of thioether (sulfide) groups is 2. The van der Waals surface area contributed by atoms with Crippen molar-refractivity contribution in [1.82, 2.24) is 0 Å². The van der Waals surface area contributed by atoms with Crippen LogP contribution in [0.2, 0.25) is 0 Å². The average molecular weight is 427 g/mol. The van der Waals surface area contributed by atoms with Gasteiger partial charge in [0.25, 0.3) is 4.08 Å². The molecule has 0 unspecified atom stereocenters. The number of benzene rings is 2. The third-order valence-electron chi connectivity index (χ3n) is 3.61. The Morgan fingerprint density at radius 1 is 0.828 bits per heavy atom. The van der Waals surface area contributed by atoms with Crippen molar-refractivity contribution >= 4 is 35.5 Å². The monoisotopic (exact) mass is 426 g/mol. The smallest absolute Gasteiger partial charge is 0.345 e. The highest BCUT2D eigenvalue weighted by Gasteiger charge is 2.52. The van der Waals surface area contributed by atoms with E-state index < -0.39 is 16.0 Å². The van der Waals surface area contributed by atoms with Gasteiger partial charge in [0, 0.05) is 9.79 Å². The molecule has 0 N–H and O–H groups in total. The van der Waals surface area contributed by atoms with Gasteiger partial charge in [0.2, 0.25) is 0 Å². The van der Waals surface area contributed by atoms with Crippen LogP contribution in [-0.4, -0.2) is 29.2 Å². The largest absolute Gasteiger partial charge is 0.464 e. The maximum Gasteiger partial charge on any atom is 0.345 e. The lowest BCUT2D eigenvalue weighted by Crippen LogP contribution is -2.43. The molecule has 0 atom stereocenters. The molecule has 0 bridgehead atoms. The fraction of sp³-hybridized carbons (Fsp3) is 0.238. The van der Waals surface area contributed by atoms with Gasteiger partial charge in [-0.2, -0.15) is 10.5 Å². The number of nitriles is 2. The highest BCUT2D eigenvalue weighted by molar-refractivity contribution is 8.20. The summed E-state index contributed by atoms with van der Waals surface area (Å²) < 4.78 is 8.56. The van der Waals surface area contributed by atoms with E-state index in [1.165, 1.54) is 0 Å². The zero-order valence-electron chi connectivity index (χ0n) is 15.9. The molecular formula is C21H18N2O4S2. The number of nitrogens with zero attached hydrogens (tertiary/aromatic N) is 2. The molecule has 2 aromatic carbocycles. The molecule has 0 saturated heterocycles. The van der Waals surface area contributed by atoms with Gasteiger partial charge in [0.15, 0.2) is 0 Å². The van der Waals surface area contributed by atoms with E-state index in [1.54, 1.807) is 62.4 Å². The van der Waals surface area contributed by atoms with Crippen LogP contribution >= 0.6 is 23.5 Å². The fourth-order valence-electron chi connectivity index (χ4n) is 2.33. The van der Waals surface area contributed by atoms with Crippen molar-refractivity contribution in [3.63, 3.8) is 0 Å². The lowest BCUT2D eigenvalue weighted by molar-refractivity contribution is -0.154. The second kappa shape index (κ2) is 10.6. The summed E-state index contributed by atoms with van der Waals surface area (Å²) in [5.74, 6) is -1.62. The third kappa shape index (κ3) is 5.11. The van der Waals surface area contributed by atoms with E-state index in [1.807, 2.05) is 0 Å². The first-order valence-electron chi connectivity index (χ1n) is 8.73. The molecule has 29 heavy (non-hydrogen) atoms. The second-order valence-corrected chi connectivity index (χ2v) is 8.25. The molecule has 2 aromatic rings. The van der Waals surface area contributed by atoms with Crippen LogP contribution in [0.25, 0.3) is 0 Å². The molecule has 0 aliphatic carbocycles. The first kappa shape index (κ1) is 22.4. The molecule has 0 spiro atoms. The Balaban J connectivity index is 2.65. The Labute approximate surface area is 177 Å². The van der Waals surface area contributed by atoms with Crippen molar-refractivity contribution in [2.45, 2.75) is 27.7 Å². The quantitative estimate of drug-likeness (QED) is 0.269. The van der Waals surface area contributed by atoms with Gasteiger partial charge in [-0.3, -0.25) is 0 Å². The average Bonchev–Trinajstić information content (AvgIpc) is 2.74. The number of ether oxygens (including phenoxy) is 2. The summed E-state index contributed by atoms with van der Waals surface area (Å²) in [5.41, 5.74) is 0.620. The normalized spacial score (nSPS) is 10.5. The molecule has 0 aliphatic heterocycles. The van der Waals surface area contributed by atoms with Gasteiger partial charge < -0.3 is 9.47 Å². The van der Waals surface area contributed by atoms with Crippen molar-refractivity contribution in [3.05, 3.63) is 59.7 Å². The minimum Gasteiger partial charge on any atom is -0.464 e. The Hall–Kier alpha value is -2.94. The number of esters is 2. The minimum atomic E-state index is -1.88. The molecule has 0 radical (unpaired) electrons. The topological polar surface area (TPSA) is 100 Å². The predicted molar refractivity (Wildman–Crippen MR) is 110 cm³/mol. The summed E-state index contributed by atoms with van der Waals surface area (Å²) in [4.78, 5) is 27.0. The fourth-order valence-corrected chi connectivity index (χ4v) is 4.96. The first-order valence-corrected chi connectivity index (χ1v) is 10.4. The Morgan fingerprint density at radius 3 is 1.55 bits per heavy atom. The van der Waals surface area contributed by atoms with Crippen molar-refractivity contribution in [2.24, 2.45) is 0 Å². The van der Waals surface area contributed by atoms with E-state index in [9.17, 15) is 20.1 Å². The molecule has 6 nitrogen and oxygen atoms in total. The minimum absolute atomic E-state index is 0.0565. The van der Waals surface area contributed by atoms with Crippen molar-refractivity contribution in [3.8, 4) is 12.1 Å². The highest BCUT2D eigenvalue weighted by atomic mass is 32.2. The van der Waals surface area contributed by atoms with Gasteiger partial charge in [0.05, 0.1) is 24.3 Å². The maximum absolute atomic E-state index is 13.1. The number of hydrogen-bond donors (Lipinski definition) is 0. The van der Waals surface area contributed by atoms with Crippen LogP contribution in [0.15, 0.2) is 58.3 Å². The molecule has 0 saturated carbocycles. The highest BCUT2D eigenvalue weighted by Crippen LogP contribution is 2.49. The molecule has 0 fully saturated rings. The van der Waals surface area contributed by atoms with E-state index >= 15 is 0 Å². The summed E-state index contributed by atoms with van der Waals surface area (Å²) in [6.45, 7) is 3.38. The van der Waals surface area contributed by atoms with Crippen molar-refractivity contribution in [2.75, 3.05) is 13.2 Å². The van der Waals surface area contributed by atoms with Gasteiger partial charge in [-0.1, -0.05) is 47.8 Å². The standard InChI is InChI=1S/C21H18N2O4S2/c1-3-26-19(24)21(20(25)27-4-2,28-17-11-7-5-9-15(17)13-22)29-18-12-8-6-10-16(18)14-23/h5-12H,3-4H2,1-2H3. The first-order chi connectivity index (χ1) is 14.0. The van der Waals surface area contributed by atoms with Crippen molar-refractivity contribution in [1.29, 1.82) is 10.5 Å². The molecule has 2 rings (SSSR count). The number of rotatable bonds is 8. The van der Waals surface area contributed by atoms with Crippen LogP contribution in [0.5, 0.6) is 0 Å². The number of hydrogen-bond acceptors (Lipinski definition) is 8. The summed E-state index contributed by atoms with van der Waals surface area (Å²) in [6, 6.07) is 17.4. The summed E-state index contributed by atoms with van der Waals surface area (Å²) in [5, 5.41) is 18.9. The predicted octanol–water partition coefficient (Wildman–Crippen LogP) is 4.14. The van der Waals surface area contributed by atoms with Crippen LogP contribution in [-0.2, 0) is 19.1 Å². The van der Waals surface area contributed by atoms with E-state index in [0.717, 1.165) is 23.5 Å². The summed E-state index contributed by atoms with van der Waals surface area (Å²) in [6.07, 6.45) is 0. The zero-order valence-corrected chi connectivity index (χ0v) is 17.5. The lowest BCUT2D eigenvalue weighted by atomic mass is 10.2. The van der Waals surface area contributed by atoms with Crippen LogP contribution in [0.4, 0.5) is 0 Å². The molecule has 0 heterocycles. The van der Waals surface area contributed by atoms with Gasteiger partial charge in [-0.25, -0.2) is 9.59 Å². The Bertz CT molecular complexity index is 900. The summed E-state index contributed by atoms with van der Waals surface area (Å²) in [7, 11) is 0. The van der Waals surface area contributed by atoms with E-state index in [-0.39, 0.29) is 13.2 Å². The Kier molecular flexibility index (Phi) is 8.14.